The monoisotopic (exact) mass is 430 g/mol. The van der Waals surface area contributed by atoms with Gasteiger partial charge >= 0.3 is 0 Å². The summed E-state index contributed by atoms with van der Waals surface area (Å²) in [7, 11) is 0.620. The Balaban J connectivity index is 2.37. The summed E-state index contributed by atoms with van der Waals surface area (Å²) in [6, 6.07) is 1.14. The summed E-state index contributed by atoms with van der Waals surface area (Å²) in [4.78, 5) is 0. The predicted octanol–water partition coefficient (Wildman–Crippen LogP) is 4.20. The van der Waals surface area contributed by atoms with E-state index in [-0.39, 0.29) is 12.9 Å². The van der Waals surface area contributed by atoms with Gasteiger partial charge in [0.1, 0.15) is 15.8 Å². The van der Waals surface area contributed by atoms with E-state index in [1.54, 1.807) is 7.11 Å². The molecule has 0 bridgehead atoms. The molecule has 0 saturated carbocycles. The Bertz CT molecular complexity index is 364. The van der Waals surface area contributed by atoms with Crippen LogP contribution in [0.1, 0.15) is 0 Å². The van der Waals surface area contributed by atoms with Crippen LogP contribution in [0.2, 0.25) is 25.7 Å². The standard InChI is InChI=1S/C14H24ClIO3Si/c1-17-10-12-6-5-7-13(14(12,15)16)19-11-18-8-9-20(2,3)4/h5-7,13H,8-11H2,1-4H3. The van der Waals surface area contributed by atoms with Gasteiger partial charge in [0.25, 0.3) is 0 Å². The van der Waals surface area contributed by atoms with Crippen molar-refractivity contribution in [3.8, 4) is 0 Å². The van der Waals surface area contributed by atoms with Gasteiger partial charge < -0.3 is 14.2 Å². The first kappa shape index (κ1) is 18.6. The van der Waals surface area contributed by atoms with Crippen LogP contribution >= 0.6 is 34.2 Å². The highest BCUT2D eigenvalue weighted by Crippen LogP contribution is 2.41. The van der Waals surface area contributed by atoms with E-state index in [4.69, 9.17) is 25.8 Å². The van der Waals surface area contributed by atoms with Crippen molar-refractivity contribution in [1.82, 2.24) is 0 Å². The third-order valence-corrected chi connectivity index (χ3v) is 6.46. The molecule has 1 rings (SSSR count). The minimum atomic E-state index is -1.04. The van der Waals surface area contributed by atoms with Crippen molar-refractivity contribution in [2.24, 2.45) is 0 Å². The van der Waals surface area contributed by atoms with Crippen LogP contribution in [0.15, 0.2) is 23.8 Å². The van der Waals surface area contributed by atoms with Gasteiger partial charge in [-0.3, -0.25) is 0 Å². The number of hydrogen-bond acceptors (Lipinski definition) is 3. The van der Waals surface area contributed by atoms with E-state index in [9.17, 15) is 0 Å². The van der Waals surface area contributed by atoms with Gasteiger partial charge in [-0.05, 0) is 11.6 Å². The van der Waals surface area contributed by atoms with E-state index in [1.807, 2.05) is 18.2 Å². The lowest BCUT2D eigenvalue weighted by molar-refractivity contribution is -0.0723. The zero-order chi connectivity index (χ0) is 15.2. The van der Waals surface area contributed by atoms with Crippen LogP contribution in [0.3, 0.4) is 0 Å². The van der Waals surface area contributed by atoms with Gasteiger partial charge in [0, 0.05) is 21.8 Å². The maximum absolute atomic E-state index is 6.58. The molecule has 0 aliphatic heterocycles. The Labute approximate surface area is 141 Å². The van der Waals surface area contributed by atoms with Crippen molar-refractivity contribution in [3.63, 3.8) is 0 Å². The third kappa shape index (κ3) is 6.15. The zero-order valence-corrected chi connectivity index (χ0v) is 16.5. The van der Waals surface area contributed by atoms with E-state index in [0.717, 1.165) is 18.2 Å². The molecule has 3 nitrogen and oxygen atoms in total. The van der Waals surface area contributed by atoms with Gasteiger partial charge in [-0.1, -0.05) is 72.1 Å². The lowest BCUT2D eigenvalue weighted by atomic mass is 10.0. The fraction of sp³-hybridized carbons (Fsp3) is 0.714. The number of alkyl halides is 2. The third-order valence-electron chi connectivity index (χ3n) is 3.00. The summed E-state index contributed by atoms with van der Waals surface area (Å²) < 4.78 is 15.9. The van der Waals surface area contributed by atoms with Crippen molar-refractivity contribution in [2.45, 2.75) is 34.7 Å². The zero-order valence-electron chi connectivity index (χ0n) is 12.6. The van der Waals surface area contributed by atoms with Gasteiger partial charge in [-0.2, -0.15) is 0 Å². The van der Waals surface area contributed by atoms with Crippen LogP contribution in [0, 0.1) is 0 Å². The molecule has 0 amide bonds. The fourth-order valence-corrected chi connectivity index (χ4v) is 3.44. The molecule has 6 heteroatoms. The topological polar surface area (TPSA) is 27.7 Å². The van der Waals surface area contributed by atoms with Crippen LogP contribution in [0.5, 0.6) is 0 Å². The second-order valence-electron chi connectivity index (χ2n) is 6.06. The first-order chi connectivity index (χ1) is 9.27. The maximum atomic E-state index is 6.58. The Hall–Kier alpha value is 0.597. The van der Waals surface area contributed by atoms with Crippen molar-refractivity contribution >= 4 is 42.3 Å². The molecule has 0 N–H and O–H groups in total. The Morgan fingerprint density at radius 3 is 2.70 bits per heavy atom. The van der Waals surface area contributed by atoms with Gasteiger partial charge in [0.2, 0.25) is 0 Å². The maximum Gasteiger partial charge on any atom is 0.149 e. The molecular formula is C14H24ClIO3Si. The van der Waals surface area contributed by atoms with Crippen LogP contribution in [0.25, 0.3) is 0 Å². The molecule has 1 aliphatic carbocycles. The summed E-state index contributed by atoms with van der Waals surface area (Å²) in [5.41, 5.74) is 1.01. The molecule has 0 saturated heterocycles. The van der Waals surface area contributed by atoms with Gasteiger partial charge in [-0.15, -0.1) is 0 Å². The van der Waals surface area contributed by atoms with Crippen LogP contribution in [-0.2, 0) is 14.2 Å². The highest BCUT2D eigenvalue weighted by atomic mass is 127. The second kappa shape index (κ2) is 8.29. The largest absolute Gasteiger partial charge is 0.380 e. The molecule has 0 radical (unpaired) electrons. The van der Waals surface area contributed by atoms with Crippen molar-refractivity contribution in [1.29, 1.82) is 0 Å². The predicted molar refractivity (Wildman–Crippen MR) is 95.5 cm³/mol. The van der Waals surface area contributed by atoms with Crippen LogP contribution in [-0.4, -0.2) is 44.2 Å². The smallest absolute Gasteiger partial charge is 0.149 e. The average Bonchev–Trinajstić information content (AvgIpc) is 2.32. The molecule has 0 fully saturated rings. The van der Waals surface area contributed by atoms with Crippen LogP contribution < -0.4 is 0 Å². The van der Waals surface area contributed by atoms with Crippen molar-refractivity contribution in [3.05, 3.63) is 23.8 Å². The van der Waals surface area contributed by atoms with E-state index in [2.05, 4.69) is 42.2 Å². The molecule has 2 unspecified atom stereocenters. The SMILES string of the molecule is COCC1=CC=CC(OCOCC[Si](C)(C)C)C1(Cl)I. The van der Waals surface area contributed by atoms with Crippen molar-refractivity contribution in [2.75, 3.05) is 27.1 Å². The average molecular weight is 431 g/mol. The normalized spacial score (nSPS) is 26.7. The molecule has 0 aromatic carbocycles. The van der Waals surface area contributed by atoms with E-state index in [0.29, 0.717) is 6.61 Å². The highest BCUT2D eigenvalue weighted by molar-refractivity contribution is 14.1. The lowest BCUT2D eigenvalue weighted by Crippen LogP contribution is -2.37. The van der Waals surface area contributed by atoms with E-state index in [1.165, 1.54) is 0 Å². The second-order valence-corrected chi connectivity index (χ2v) is 14.6. The molecule has 0 spiro atoms. The molecular weight excluding hydrogens is 407 g/mol. The molecule has 0 aromatic heterocycles. The highest BCUT2D eigenvalue weighted by Gasteiger charge is 2.38. The van der Waals surface area contributed by atoms with E-state index < -0.39 is 11.0 Å². The Kier molecular flexibility index (Phi) is 7.73. The van der Waals surface area contributed by atoms with Gasteiger partial charge in [0.15, 0.2) is 0 Å². The Morgan fingerprint density at radius 1 is 1.40 bits per heavy atom. The summed E-state index contributed by atoms with van der Waals surface area (Å²) in [5, 5.41) is 0. The Morgan fingerprint density at radius 2 is 2.10 bits per heavy atom. The summed E-state index contributed by atoms with van der Waals surface area (Å²) in [5.74, 6) is 0. The number of rotatable bonds is 8. The molecule has 20 heavy (non-hydrogen) atoms. The number of allylic oxidation sites excluding steroid dienone is 2. The van der Waals surface area contributed by atoms with Crippen molar-refractivity contribution < 1.29 is 14.2 Å². The molecule has 2 atom stereocenters. The summed E-state index contributed by atoms with van der Waals surface area (Å²) in [6.07, 6.45) is 5.70. The van der Waals surface area contributed by atoms with Crippen LogP contribution in [0.4, 0.5) is 0 Å². The lowest BCUT2D eigenvalue weighted by Gasteiger charge is -2.32. The molecule has 116 valence electrons. The number of hydrogen-bond donors (Lipinski definition) is 0. The first-order valence-corrected chi connectivity index (χ1v) is 11.9. The number of ether oxygens (including phenoxy) is 3. The minimum absolute atomic E-state index is 0.202. The summed E-state index contributed by atoms with van der Waals surface area (Å²) in [6.45, 7) is 8.53. The molecule has 0 heterocycles. The quantitative estimate of drug-likeness (QED) is 0.190. The number of halogens is 2. The van der Waals surface area contributed by atoms with Gasteiger partial charge in [0.05, 0.1) is 6.61 Å². The number of methoxy groups -OCH3 is 1. The summed E-state index contributed by atoms with van der Waals surface area (Å²) >= 11 is 8.79. The molecule has 0 aromatic rings. The minimum Gasteiger partial charge on any atom is -0.380 e. The first-order valence-electron chi connectivity index (χ1n) is 6.71. The van der Waals surface area contributed by atoms with E-state index >= 15 is 0 Å². The van der Waals surface area contributed by atoms with Gasteiger partial charge in [-0.25, -0.2) is 0 Å². The fourth-order valence-electron chi connectivity index (χ4n) is 1.71. The molecule has 1 aliphatic rings.